The van der Waals surface area contributed by atoms with Gasteiger partial charge in [0.05, 0.1) is 11.0 Å². The van der Waals surface area contributed by atoms with Crippen molar-refractivity contribution in [3.05, 3.63) is 41.4 Å². The number of nitrogens with one attached hydrogen (secondary N) is 1. The third-order valence-corrected chi connectivity index (χ3v) is 7.17. The molecule has 2 aromatic rings. The molecular formula is C20H27ClN2O3S. The normalized spacial score (nSPS) is 22.8. The van der Waals surface area contributed by atoms with Gasteiger partial charge in [0, 0.05) is 35.6 Å². The van der Waals surface area contributed by atoms with Crippen LogP contribution in [-0.4, -0.2) is 49.7 Å². The quantitative estimate of drug-likeness (QED) is 0.765. The Balaban J connectivity index is 1.66. The molecule has 0 saturated carbocycles. The van der Waals surface area contributed by atoms with Crippen LogP contribution in [0.25, 0.3) is 10.8 Å². The Labute approximate surface area is 166 Å². The van der Waals surface area contributed by atoms with E-state index in [1.165, 1.54) is 12.5 Å². The van der Waals surface area contributed by atoms with Gasteiger partial charge in [0.2, 0.25) is 10.0 Å². The minimum Gasteiger partial charge on any atom is -0.390 e. The number of aliphatic hydroxyl groups excluding tert-OH is 1. The highest BCUT2D eigenvalue weighted by Crippen LogP contribution is 2.26. The maximum absolute atomic E-state index is 12.6. The SMILES string of the molecule is C[C@@H]1CCC[C@H](C)N1C[C@@H](O)CNS(=O)(=O)c1ccc2c(Cl)cccc2c1. The minimum atomic E-state index is -3.70. The van der Waals surface area contributed by atoms with Gasteiger partial charge in [-0.3, -0.25) is 4.90 Å². The number of benzene rings is 2. The van der Waals surface area contributed by atoms with E-state index in [9.17, 15) is 13.5 Å². The van der Waals surface area contributed by atoms with E-state index in [2.05, 4.69) is 23.5 Å². The van der Waals surface area contributed by atoms with Crippen LogP contribution in [-0.2, 0) is 10.0 Å². The summed E-state index contributed by atoms with van der Waals surface area (Å²) in [5.74, 6) is 0. The minimum absolute atomic E-state index is 0.00808. The van der Waals surface area contributed by atoms with Gasteiger partial charge in [-0.1, -0.05) is 36.2 Å². The van der Waals surface area contributed by atoms with E-state index in [0.29, 0.717) is 23.7 Å². The van der Waals surface area contributed by atoms with Gasteiger partial charge in [-0.15, -0.1) is 0 Å². The van der Waals surface area contributed by atoms with E-state index < -0.39 is 16.1 Å². The molecule has 1 heterocycles. The molecule has 7 heteroatoms. The summed E-state index contributed by atoms with van der Waals surface area (Å²) in [6.07, 6.45) is 2.68. The van der Waals surface area contributed by atoms with Crippen molar-refractivity contribution >= 4 is 32.4 Å². The molecule has 27 heavy (non-hydrogen) atoms. The van der Waals surface area contributed by atoms with Crippen molar-refractivity contribution in [3.63, 3.8) is 0 Å². The molecule has 1 aliphatic rings. The van der Waals surface area contributed by atoms with Crippen LogP contribution in [0.5, 0.6) is 0 Å². The lowest BCUT2D eigenvalue weighted by Crippen LogP contribution is -2.49. The number of halogens is 1. The summed E-state index contributed by atoms with van der Waals surface area (Å²) in [5, 5.41) is 12.5. The number of hydrogen-bond acceptors (Lipinski definition) is 4. The number of aliphatic hydroxyl groups is 1. The Morgan fingerprint density at radius 1 is 1.22 bits per heavy atom. The molecule has 1 saturated heterocycles. The smallest absolute Gasteiger partial charge is 0.240 e. The second kappa shape index (κ2) is 8.45. The van der Waals surface area contributed by atoms with Gasteiger partial charge in [-0.2, -0.15) is 0 Å². The lowest BCUT2D eigenvalue weighted by atomic mass is 9.97. The number of rotatable bonds is 6. The molecule has 3 rings (SSSR count). The average molecular weight is 411 g/mol. The van der Waals surface area contributed by atoms with Crippen molar-refractivity contribution in [2.24, 2.45) is 0 Å². The number of nitrogens with zero attached hydrogens (tertiary/aromatic N) is 1. The van der Waals surface area contributed by atoms with Crippen LogP contribution in [0.1, 0.15) is 33.1 Å². The highest BCUT2D eigenvalue weighted by atomic mass is 35.5. The van der Waals surface area contributed by atoms with Gasteiger partial charge in [-0.25, -0.2) is 13.1 Å². The zero-order valence-corrected chi connectivity index (χ0v) is 17.3. The summed E-state index contributed by atoms with van der Waals surface area (Å²) >= 11 is 6.14. The van der Waals surface area contributed by atoms with Gasteiger partial charge >= 0.3 is 0 Å². The third-order valence-electron chi connectivity index (χ3n) is 5.42. The van der Waals surface area contributed by atoms with Gasteiger partial charge in [0.1, 0.15) is 0 Å². The van der Waals surface area contributed by atoms with Crippen LogP contribution in [0.4, 0.5) is 0 Å². The monoisotopic (exact) mass is 410 g/mol. The van der Waals surface area contributed by atoms with Gasteiger partial charge in [0.15, 0.2) is 0 Å². The summed E-state index contributed by atoms with van der Waals surface area (Å²) in [5.41, 5.74) is 0. The summed E-state index contributed by atoms with van der Waals surface area (Å²) in [4.78, 5) is 2.43. The molecule has 0 amide bonds. The maximum atomic E-state index is 12.6. The van der Waals surface area contributed by atoms with Crippen molar-refractivity contribution in [2.75, 3.05) is 13.1 Å². The maximum Gasteiger partial charge on any atom is 0.240 e. The number of sulfonamides is 1. The highest BCUT2D eigenvalue weighted by molar-refractivity contribution is 7.89. The summed E-state index contributed by atoms with van der Waals surface area (Å²) in [7, 11) is -3.70. The molecule has 2 N–H and O–H groups in total. The van der Waals surface area contributed by atoms with E-state index >= 15 is 0 Å². The first kappa shape index (κ1) is 20.6. The Morgan fingerprint density at radius 2 is 1.93 bits per heavy atom. The fourth-order valence-electron chi connectivity index (χ4n) is 3.82. The predicted octanol–water partition coefficient (Wildman–Crippen LogP) is 3.40. The van der Waals surface area contributed by atoms with Crippen LogP contribution in [0.15, 0.2) is 41.3 Å². The molecule has 0 aliphatic carbocycles. The summed E-state index contributed by atoms with van der Waals surface area (Å²) < 4.78 is 27.8. The van der Waals surface area contributed by atoms with Crippen LogP contribution in [0, 0.1) is 0 Å². The second-order valence-electron chi connectivity index (χ2n) is 7.45. The van der Waals surface area contributed by atoms with Crippen molar-refractivity contribution in [1.82, 2.24) is 9.62 Å². The molecule has 1 fully saturated rings. The average Bonchev–Trinajstić information content (AvgIpc) is 2.63. The van der Waals surface area contributed by atoms with Crippen molar-refractivity contribution in [1.29, 1.82) is 0 Å². The van der Waals surface area contributed by atoms with Crippen LogP contribution < -0.4 is 4.72 Å². The Kier molecular flexibility index (Phi) is 6.43. The van der Waals surface area contributed by atoms with Crippen LogP contribution in [0.3, 0.4) is 0 Å². The van der Waals surface area contributed by atoms with Crippen LogP contribution in [0.2, 0.25) is 5.02 Å². The van der Waals surface area contributed by atoms with Crippen molar-refractivity contribution < 1.29 is 13.5 Å². The van der Waals surface area contributed by atoms with Gasteiger partial charge in [0.25, 0.3) is 0 Å². The number of hydrogen-bond donors (Lipinski definition) is 2. The van der Waals surface area contributed by atoms with E-state index in [4.69, 9.17) is 11.6 Å². The lowest BCUT2D eigenvalue weighted by Gasteiger charge is -2.40. The molecule has 1 aliphatic heterocycles. The first-order valence-electron chi connectivity index (χ1n) is 9.39. The predicted molar refractivity (Wildman–Crippen MR) is 110 cm³/mol. The van der Waals surface area contributed by atoms with Crippen LogP contribution >= 0.6 is 11.6 Å². The molecule has 0 spiro atoms. The van der Waals surface area contributed by atoms with Crippen molar-refractivity contribution in [3.8, 4) is 0 Å². The number of piperidine rings is 1. The van der Waals surface area contributed by atoms with E-state index in [1.807, 2.05) is 6.07 Å². The highest BCUT2D eigenvalue weighted by Gasteiger charge is 2.27. The Bertz CT molecular complexity index is 893. The zero-order valence-electron chi connectivity index (χ0n) is 15.7. The van der Waals surface area contributed by atoms with E-state index in [0.717, 1.165) is 23.6 Å². The molecule has 0 aromatic heterocycles. The zero-order chi connectivity index (χ0) is 19.6. The van der Waals surface area contributed by atoms with Gasteiger partial charge < -0.3 is 5.11 Å². The lowest BCUT2D eigenvalue weighted by molar-refractivity contribution is 0.0438. The standard InChI is InChI=1S/C20H27ClN2O3S/c1-14-5-3-6-15(2)23(14)13-17(24)12-22-27(25,26)18-9-10-19-16(11-18)7-4-8-20(19)21/h4,7-11,14-15,17,22,24H,3,5-6,12-13H2,1-2H3/t14-,15+,17-/m0/s1. The summed E-state index contributed by atoms with van der Waals surface area (Å²) in [6, 6.07) is 11.1. The fourth-order valence-corrected chi connectivity index (χ4v) is 5.17. The molecule has 0 unspecified atom stereocenters. The summed E-state index contributed by atoms with van der Waals surface area (Å²) in [6.45, 7) is 4.78. The first-order chi connectivity index (χ1) is 12.8. The van der Waals surface area contributed by atoms with Gasteiger partial charge in [-0.05, 0) is 50.3 Å². The molecular weight excluding hydrogens is 384 g/mol. The fraction of sp³-hybridized carbons (Fsp3) is 0.500. The largest absolute Gasteiger partial charge is 0.390 e. The molecule has 5 nitrogen and oxygen atoms in total. The molecule has 0 bridgehead atoms. The Hall–Kier alpha value is -1.18. The Morgan fingerprint density at radius 3 is 2.63 bits per heavy atom. The number of fused-ring (bicyclic) bond motifs is 1. The molecule has 2 aromatic carbocycles. The van der Waals surface area contributed by atoms with Crippen molar-refractivity contribution in [2.45, 2.75) is 56.2 Å². The second-order valence-corrected chi connectivity index (χ2v) is 9.63. The van der Waals surface area contributed by atoms with E-state index in [1.54, 1.807) is 24.3 Å². The topological polar surface area (TPSA) is 69.6 Å². The third kappa shape index (κ3) is 4.81. The number of likely N-dealkylation sites (tertiary alicyclic amines) is 1. The number of β-amino-alcohol motifs (C(OH)–C–C–N with tert-alkyl or cyclic N) is 1. The first-order valence-corrected chi connectivity index (χ1v) is 11.3. The molecule has 3 atom stereocenters. The molecule has 0 radical (unpaired) electrons. The van der Waals surface area contributed by atoms with E-state index in [-0.39, 0.29) is 11.4 Å². The molecule has 148 valence electrons.